The van der Waals surface area contributed by atoms with Gasteiger partial charge in [-0.2, -0.15) is 0 Å². The van der Waals surface area contributed by atoms with Gasteiger partial charge in [0.1, 0.15) is 0 Å². The number of carbonyl (C=O) groups is 1. The van der Waals surface area contributed by atoms with Gasteiger partial charge in [0.05, 0.1) is 11.9 Å². The average molecular weight is 207 g/mol. The summed E-state index contributed by atoms with van der Waals surface area (Å²) in [7, 11) is 1.58. The molecule has 2 rings (SSSR count). The van der Waals surface area contributed by atoms with Crippen molar-refractivity contribution < 1.29 is 14.3 Å². The number of nitrogens with zero attached hydrogens (tertiary/aromatic N) is 1. The largest absolute Gasteiger partial charge is 0.481 e. The Morgan fingerprint density at radius 2 is 2.27 bits per heavy atom. The number of fused-ring (bicyclic) bond motifs is 1. The molecule has 5 nitrogen and oxygen atoms in total. The molecule has 1 aromatic heterocycles. The maximum absolute atomic E-state index is 11.2. The number of aliphatic carboxylic acids is 1. The molecule has 0 saturated carbocycles. The van der Waals surface area contributed by atoms with Crippen LogP contribution in [0.5, 0.6) is 0 Å². The van der Waals surface area contributed by atoms with Crippen LogP contribution >= 0.6 is 0 Å². The lowest BCUT2D eigenvalue weighted by atomic mass is 10.1. The molecule has 15 heavy (non-hydrogen) atoms. The molecule has 0 spiro atoms. The van der Waals surface area contributed by atoms with Crippen molar-refractivity contribution >= 4 is 17.1 Å². The molecule has 0 radical (unpaired) electrons. The second-order valence-electron chi connectivity index (χ2n) is 3.30. The lowest BCUT2D eigenvalue weighted by molar-refractivity contribution is -0.136. The Morgan fingerprint density at radius 3 is 2.93 bits per heavy atom. The second-order valence-corrected chi connectivity index (χ2v) is 3.30. The van der Waals surface area contributed by atoms with Crippen molar-refractivity contribution in [2.75, 3.05) is 0 Å². The van der Waals surface area contributed by atoms with E-state index < -0.39 is 11.7 Å². The first-order valence-electron chi connectivity index (χ1n) is 4.38. The minimum absolute atomic E-state index is 0.0602. The van der Waals surface area contributed by atoms with E-state index in [0.717, 1.165) is 0 Å². The maximum atomic E-state index is 11.2. The van der Waals surface area contributed by atoms with Crippen molar-refractivity contribution in [1.82, 2.24) is 4.57 Å². The summed E-state index contributed by atoms with van der Waals surface area (Å²) in [5.74, 6) is -1.35. The minimum atomic E-state index is -0.900. The normalized spacial score (nSPS) is 10.7. The van der Waals surface area contributed by atoms with Gasteiger partial charge in [-0.05, 0) is 17.7 Å². The van der Waals surface area contributed by atoms with E-state index in [0.29, 0.717) is 16.7 Å². The van der Waals surface area contributed by atoms with Crippen LogP contribution in [0.3, 0.4) is 0 Å². The molecule has 0 aliphatic heterocycles. The first kappa shape index (κ1) is 9.51. The Balaban J connectivity index is 2.59. The smallest absolute Gasteiger partial charge is 0.419 e. The summed E-state index contributed by atoms with van der Waals surface area (Å²) in [6, 6.07) is 4.89. The number of aryl methyl sites for hydroxylation is 1. The molecule has 0 aliphatic carbocycles. The van der Waals surface area contributed by atoms with Crippen LogP contribution in [0, 0.1) is 0 Å². The molecule has 0 atom stereocenters. The average Bonchev–Trinajstić information content (AvgIpc) is 2.43. The SMILES string of the molecule is Cn1c(=O)oc2ccc(CC(=O)O)cc21. The van der Waals surface area contributed by atoms with Crippen molar-refractivity contribution in [3.05, 3.63) is 34.3 Å². The fraction of sp³-hybridized carbons (Fsp3) is 0.200. The first-order chi connectivity index (χ1) is 7.08. The molecule has 1 aromatic carbocycles. The van der Waals surface area contributed by atoms with Crippen molar-refractivity contribution in [2.24, 2.45) is 7.05 Å². The first-order valence-corrected chi connectivity index (χ1v) is 4.38. The summed E-state index contributed by atoms with van der Waals surface area (Å²) < 4.78 is 6.27. The fourth-order valence-corrected chi connectivity index (χ4v) is 1.46. The topological polar surface area (TPSA) is 72.4 Å². The molecule has 1 N–H and O–H groups in total. The van der Waals surface area contributed by atoms with Gasteiger partial charge in [0.25, 0.3) is 0 Å². The van der Waals surface area contributed by atoms with Crippen LogP contribution in [0.25, 0.3) is 11.1 Å². The Kier molecular flexibility index (Phi) is 2.07. The Morgan fingerprint density at radius 1 is 1.53 bits per heavy atom. The summed E-state index contributed by atoms with van der Waals surface area (Å²) in [6.07, 6.45) is -0.0602. The molecule has 0 unspecified atom stereocenters. The molecule has 0 amide bonds. The molecule has 5 heteroatoms. The fourth-order valence-electron chi connectivity index (χ4n) is 1.46. The third-order valence-electron chi connectivity index (χ3n) is 2.21. The van der Waals surface area contributed by atoms with Gasteiger partial charge in [0.2, 0.25) is 0 Å². The molecule has 1 heterocycles. The zero-order valence-corrected chi connectivity index (χ0v) is 8.06. The Bertz CT molecular complexity index is 579. The molecule has 0 aliphatic rings. The van der Waals surface area contributed by atoms with Crippen LogP contribution in [0.4, 0.5) is 0 Å². The molecule has 0 fully saturated rings. The standard InChI is InChI=1S/C10H9NO4/c1-11-7-4-6(5-9(12)13)2-3-8(7)15-10(11)14/h2-4H,5H2,1H3,(H,12,13). The van der Waals surface area contributed by atoms with Gasteiger partial charge in [-0.3, -0.25) is 9.36 Å². The zero-order valence-electron chi connectivity index (χ0n) is 8.06. The number of aromatic nitrogens is 1. The highest BCUT2D eigenvalue weighted by atomic mass is 16.4. The molecular weight excluding hydrogens is 198 g/mol. The van der Waals surface area contributed by atoms with E-state index in [-0.39, 0.29) is 6.42 Å². The molecular formula is C10H9NO4. The summed E-state index contributed by atoms with van der Waals surface area (Å²) in [6.45, 7) is 0. The number of rotatable bonds is 2. The van der Waals surface area contributed by atoms with Crippen molar-refractivity contribution in [2.45, 2.75) is 6.42 Å². The summed E-state index contributed by atoms with van der Waals surface area (Å²) in [5.41, 5.74) is 1.72. The zero-order chi connectivity index (χ0) is 11.0. The minimum Gasteiger partial charge on any atom is -0.481 e. The van der Waals surface area contributed by atoms with Crippen molar-refractivity contribution in [3.8, 4) is 0 Å². The summed E-state index contributed by atoms with van der Waals surface area (Å²) in [4.78, 5) is 21.7. The quantitative estimate of drug-likeness (QED) is 0.789. The van der Waals surface area contributed by atoms with Gasteiger partial charge in [-0.25, -0.2) is 4.79 Å². The van der Waals surface area contributed by atoms with Crippen molar-refractivity contribution in [1.29, 1.82) is 0 Å². The number of oxazole rings is 1. The highest BCUT2D eigenvalue weighted by Gasteiger charge is 2.07. The van der Waals surface area contributed by atoms with Gasteiger partial charge in [0.15, 0.2) is 5.58 Å². The number of benzene rings is 1. The number of carboxylic acids is 1. The van der Waals surface area contributed by atoms with E-state index in [1.54, 1.807) is 25.2 Å². The number of hydrogen-bond acceptors (Lipinski definition) is 3. The van der Waals surface area contributed by atoms with Gasteiger partial charge < -0.3 is 9.52 Å². The van der Waals surface area contributed by atoms with Crippen molar-refractivity contribution in [3.63, 3.8) is 0 Å². The Labute approximate surface area is 84.5 Å². The third kappa shape index (κ3) is 1.63. The highest BCUT2D eigenvalue weighted by Crippen LogP contribution is 2.14. The van der Waals surface area contributed by atoms with Gasteiger partial charge in [-0.15, -0.1) is 0 Å². The van der Waals surface area contributed by atoms with Gasteiger partial charge >= 0.3 is 11.7 Å². The van der Waals surface area contributed by atoms with E-state index in [2.05, 4.69) is 0 Å². The molecule has 0 saturated heterocycles. The maximum Gasteiger partial charge on any atom is 0.419 e. The van der Waals surface area contributed by atoms with Crippen LogP contribution in [0.15, 0.2) is 27.4 Å². The molecule has 78 valence electrons. The van der Waals surface area contributed by atoms with Crippen LogP contribution in [0.2, 0.25) is 0 Å². The van der Waals surface area contributed by atoms with E-state index in [1.807, 2.05) is 0 Å². The van der Waals surface area contributed by atoms with Gasteiger partial charge in [0, 0.05) is 7.05 Å². The summed E-state index contributed by atoms with van der Waals surface area (Å²) >= 11 is 0. The Hall–Kier alpha value is -2.04. The van der Waals surface area contributed by atoms with Gasteiger partial charge in [-0.1, -0.05) is 6.07 Å². The molecule has 2 aromatic rings. The van der Waals surface area contributed by atoms with E-state index >= 15 is 0 Å². The third-order valence-corrected chi connectivity index (χ3v) is 2.21. The lowest BCUT2D eigenvalue weighted by Gasteiger charge is -1.97. The number of hydrogen-bond donors (Lipinski definition) is 1. The number of carboxylic acid groups (broad SMARTS) is 1. The van der Waals surface area contributed by atoms with Crippen LogP contribution < -0.4 is 5.76 Å². The highest BCUT2D eigenvalue weighted by molar-refractivity contribution is 5.77. The molecule has 0 bridgehead atoms. The second kappa shape index (κ2) is 3.27. The summed E-state index contributed by atoms with van der Waals surface area (Å²) in [5, 5.41) is 8.62. The van der Waals surface area contributed by atoms with E-state index in [9.17, 15) is 9.59 Å². The predicted molar refractivity (Wildman–Crippen MR) is 52.8 cm³/mol. The predicted octanol–water partition coefficient (Wildman–Crippen LogP) is 0.759. The van der Waals surface area contributed by atoms with Crippen LogP contribution in [-0.4, -0.2) is 15.6 Å². The van der Waals surface area contributed by atoms with E-state index in [1.165, 1.54) is 4.57 Å². The van der Waals surface area contributed by atoms with E-state index in [4.69, 9.17) is 9.52 Å². The lowest BCUT2D eigenvalue weighted by Crippen LogP contribution is -2.08. The van der Waals surface area contributed by atoms with Crippen LogP contribution in [-0.2, 0) is 18.3 Å². The monoisotopic (exact) mass is 207 g/mol. The van der Waals surface area contributed by atoms with Crippen LogP contribution in [0.1, 0.15) is 5.56 Å².